The van der Waals surface area contributed by atoms with Crippen molar-refractivity contribution in [1.82, 2.24) is 0 Å². The first-order valence-corrected chi connectivity index (χ1v) is 17.3. The number of aliphatic hydroxyl groups excluding tert-OH is 1. The molecular formula is C40H43N3O13. The van der Waals surface area contributed by atoms with E-state index in [1.165, 1.54) is 37.4 Å². The van der Waals surface area contributed by atoms with Gasteiger partial charge in [0.25, 0.3) is 5.91 Å². The number of rotatable bonds is 8. The highest BCUT2D eigenvalue weighted by atomic mass is 16.7. The van der Waals surface area contributed by atoms with E-state index in [2.05, 4.69) is 5.32 Å². The van der Waals surface area contributed by atoms with E-state index in [1.54, 1.807) is 32.9 Å². The summed E-state index contributed by atoms with van der Waals surface area (Å²) in [4.78, 5) is 48.4. The van der Waals surface area contributed by atoms with Crippen LogP contribution in [0.25, 0.3) is 21.9 Å². The second-order valence-electron chi connectivity index (χ2n) is 13.7. The molecule has 56 heavy (non-hydrogen) atoms. The van der Waals surface area contributed by atoms with Crippen LogP contribution in [-0.4, -0.2) is 64.6 Å². The third-order valence-electron chi connectivity index (χ3n) is 8.99. The van der Waals surface area contributed by atoms with Gasteiger partial charge in [-0.05, 0) is 89.1 Å². The molecule has 0 spiro atoms. The lowest BCUT2D eigenvalue weighted by Crippen LogP contribution is -2.65. The van der Waals surface area contributed by atoms with E-state index in [1.807, 2.05) is 38.1 Å². The number of nitrogens with one attached hydrogen (secondary N) is 1. The fourth-order valence-electron chi connectivity index (χ4n) is 6.14. The topological polar surface area (TPSA) is 256 Å². The van der Waals surface area contributed by atoms with Gasteiger partial charge in [-0.1, -0.05) is 29.8 Å². The number of phenolic OH excluding ortho intramolecular Hbond substituents is 1. The van der Waals surface area contributed by atoms with Crippen molar-refractivity contribution in [1.29, 1.82) is 0 Å². The molecule has 0 radical (unpaired) electrons. The Kier molecular flexibility index (Phi) is 12.1. The maximum absolute atomic E-state index is 13.0. The van der Waals surface area contributed by atoms with Gasteiger partial charge < -0.3 is 59.9 Å². The molecule has 2 aromatic heterocycles. The van der Waals surface area contributed by atoms with Crippen molar-refractivity contribution < 1.29 is 52.7 Å². The Hall–Kier alpha value is -6.36. The number of amides is 2. The monoisotopic (exact) mass is 773 g/mol. The van der Waals surface area contributed by atoms with Crippen LogP contribution >= 0.6 is 0 Å². The zero-order chi connectivity index (χ0) is 41.1. The van der Waals surface area contributed by atoms with Gasteiger partial charge in [0.1, 0.15) is 34.5 Å². The molecule has 16 heteroatoms. The molecule has 2 amide bonds. The number of phenols is 1. The number of carbonyl (C=O) groups excluding carboxylic acids is 2. The smallest absolute Gasteiger partial charge is 0.404 e. The molecule has 1 fully saturated rings. The molecule has 1 aliphatic heterocycles. The van der Waals surface area contributed by atoms with Gasteiger partial charge in [-0.25, -0.2) is 14.4 Å². The average molecular weight is 774 g/mol. The Balaban J connectivity index is 0.000000421. The number of nitrogens with two attached hydrogens (primary N) is 2. The average Bonchev–Trinajstić information content (AvgIpc) is 3.13. The van der Waals surface area contributed by atoms with Crippen molar-refractivity contribution in [2.24, 2.45) is 5.73 Å². The summed E-state index contributed by atoms with van der Waals surface area (Å²) >= 11 is 0. The number of nitrogen functional groups attached to an aromatic ring is 1. The van der Waals surface area contributed by atoms with E-state index in [-0.39, 0.29) is 39.3 Å². The standard InChI is InChI=1S/C31H36N2O11.C9H7NO2/c1-14(2)7-8-16-13-17(9-11-19(16)34)27(37)33-21-22(35)18-10-12-20(15(3)24(18)42-28(21)38)41-29-23(36)25(43-30(32)39)26(40-6)31(4,5)44-29;10-7-5-6-3-1-2-4-8(6)12-9(7)11/h7,9-13,23,25-26,29,34-36H,8H2,1-6H3,(H2,32,39)(H,33,37);1-5H,10H2/t23-,25+,26-,29-;/m1./s1. The number of aliphatic hydroxyl groups is 1. The molecular weight excluding hydrogens is 730 g/mol. The van der Waals surface area contributed by atoms with Gasteiger partial charge in [0.15, 0.2) is 23.6 Å². The van der Waals surface area contributed by atoms with Crippen molar-refractivity contribution in [3.05, 3.63) is 110 Å². The Bertz CT molecular complexity index is 2430. The SMILES string of the molecule is CO[C@@H]1[C@@H](OC(N)=O)[C@@H](O)[C@H](Oc2ccc3c(O)c(NC(=O)c4ccc(O)c(CC=C(C)C)c4)c(=O)oc3c2C)OC1(C)C.Nc1cc2ccccc2oc1=O. The van der Waals surface area contributed by atoms with Gasteiger partial charge in [-0.3, -0.25) is 4.79 Å². The molecule has 4 atom stereocenters. The molecule has 3 aromatic carbocycles. The lowest BCUT2D eigenvalue weighted by Gasteiger charge is -2.47. The molecule has 0 unspecified atom stereocenters. The highest BCUT2D eigenvalue weighted by Gasteiger charge is 2.53. The molecule has 1 aliphatic rings. The number of benzene rings is 3. The minimum Gasteiger partial charge on any atom is -0.508 e. The second-order valence-corrected chi connectivity index (χ2v) is 13.7. The van der Waals surface area contributed by atoms with Crippen LogP contribution in [0.1, 0.15) is 49.2 Å². The van der Waals surface area contributed by atoms with Gasteiger partial charge in [0.2, 0.25) is 6.29 Å². The Morgan fingerprint density at radius 3 is 2.39 bits per heavy atom. The third kappa shape index (κ3) is 8.78. The summed E-state index contributed by atoms with van der Waals surface area (Å²) in [6.07, 6.45) is -3.81. The highest BCUT2D eigenvalue weighted by molar-refractivity contribution is 6.06. The molecule has 0 aliphatic carbocycles. The van der Waals surface area contributed by atoms with Crippen molar-refractivity contribution in [2.45, 2.75) is 71.2 Å². The van der Waals surface area contributed by atoms with Crippen LogP contribution in [0, 0.1) is 6.92 Å². The lowest BCUT2D eigenvalue weighted by atomic mass is 9.89. The third-order valence-corrected chi connectivity index (χ3v) is 8.99. The first kappa shape index (κ1) is 40.8. The number of hydrogen-bond donors (Lipinski definition) is 6. The largest absolute Gasteiger partial charge is 0.508 e. The van der Waals surface area contributed by atoms with Crippen molar-refractivity contribution >= 4 is 45.3 Å². The molecule has 3 heterocycles. The lowest BCUT2D eigenvalue weighted by molar-refractivity contribution is -0.304. The number of aromatic hydroxyl groups is 2. The summed E-state index contributed by atoms with van der Waals surface area (Å²) in [5.41, 5.74) is 10.2. The number of allylic oxidation sites excluding steroid dienone is 2. The van der Waals surface area contributed by atoms with Crippen LogP contribution in [0.15, 0.2) is 90.7 Å². The maximum Gasteiger partial charge on any atom is 0.404 e. The van der Waals surface area contributed by atoms with Crippen LogP contribution in [0.4, 0.5) is 16.2 Å². The van der Waals surface area contributed by atoms with Crippen LogP contribution in [0.3, 0.4) is 0 Å². The molecule has 5 aromatic rings. The van der Waals surface area contributed by atoms with Crippen molar-refractivity contribution in [2.75, 3.05) is 18.2 Å². The van der Waals surface area contributed by atoms with Gasteiger partial charge in [0.05, 0.1) is 11.0 Å². The van der Waals surface area contributed by atoms with Crippen LogP contribution < -0.4 is 32.8 Å². The summed E-state index contributed by atoms with van der Waals surface area (Å²) in [6, 6.07) is 16.0. The fourth-order valence-corrected chi connectivity index (χ4v) is 6.14. The summed E-state index contributed by atoms with van der Waals surface area (Å²) in [6.45, 7) is 8.69. The summed E-state index contributed by atoms with van der Waals surface area (Å²) in [5.74, 6) is -1.09. The van der Waals surface area contributed by atoms with Gasteiger partial charge >= 0.3 is 17.3 Å². The quantitative estimate of drug-likeness (QED) is 0.0896. The highest BCUT2D eigenvalue weighted by Crippen LogP contribution is 2.38. The van der Waals surface area contributed by atoms with E-state index in [0.717, 1.165) is 11.0 Å². The number of primary amides is 1. The Morgan fingerprint density at radius 1 is 1.00 bits per heavy atom. The predicted molar refractivity (Wildman–Crippen MR) is 206 cm³/mol. The number of methoxy groups -OCH3 is 1. The number of hydrogen-bond acceptors (Lipinski definition) is 14. The van der Waals surface area contributed by atoms with E-state index in [4.69, 9.17) is 39.2 Å². The summed E-state index contributed by atoms with van der Waals surface area (Å²) in [7, 11) is 1.37. The zero-order valence-corrected chi connectivity index (χ0v) is 31.4. The van der Waals surface area contributed by atoms with Crippen LogP contribution in [-0.2, 0) is 20.6 Å². The number of para-hydroxylation sites is 1. The Morgan fingerprint density at radius 2 is 1.71 bits per heavy atom. The maximum atomic E-state index is 13.0. The van der Waals surface area contributed by atoms with E-state index in [0.29, 0.717) is 17.6 Å². The summed E-state index contributed by atoms with van der Waals surface area (Å²) in [5, 5.41) is 35.4. The molecule has 16 nitrogen and oxygen atoms in total. The molecule has 8 N–H and O–H groups in total. The van der Waals surface area contributed by atoms with E-state index >= 15 is 0 Å². The number of aryl methyl sites for hydroxylation is 1. The minimum atomic E-state index is -1.52. The normalized spacial score (nSPS) is 18.7. The van der Waals surface area contributed by atoms with Gasteiger partial charge in [0, 0.05) is 23.6 Å². The second kappa shape index (κ2) is 16.6. The summed E-state index contributed by atoms with van der Waals surface area (Å²) < 4.78 is 32.8. The van der Waals surface area contributed by atoms with Crippen molar-refractivity contribution in [3.8, 4) is 17.2 Å². The first-order chi connectivity index (χ1) is 26.4. The van der Waals surface area contributed by atoms with Crippen LogP contribution in [0.5, 0.6) is 17.2 Å². The van der Waals surface area contributed by atoms with E-state index in [9.17, 15) is 34.5 Å². The van der Waals surface area contributed by atoms with Gasteiger partial charge in [-0.15, -0.1) is 0 Å². The predicted octanol–water partition coefficient (Wildman–Crippen LogP) is 5.00. The van der Waals surface area contributed by atoms with Gasteiger partial charge in [-0.2, -0.15) is 0 Å². The first-order valence-electron chi connectivity index (χ1n) is 17.3. The van der Waals surface area contributed by atoms with Crippen LogP contribution in [0.2, 0.25) is 0 Å². The molecule has 0 bridgehead atoms. The zero-order valence-electron chi connectivity index (χ0n) is 31.4. The van der Waals surface area contributed by atoms with Crippen molar-refractivity contribution in [3.63, 3.8) is 0 Å². The number of ether oxygens (including phenoxy) is 4. The number of anilines is 2. The fraction of sp³-hybridized carbons (Fsp3) is 0.300. The Labute approximate surface area is 319 Å². The molecule has 6 rings (SSSR count). The molecule has 1 saturated heterocycles. The van der Waals surface area contributed by atoms with E-state index < -0.39 is 64.9 Å². The minimum absolute atomic E-state index is 0.0183. The molecule has 296 valence electrons. The molecule has 0 saturated carbocycles. The number of fused-ring (bicyclic) bond motifs is 2. The number of carbonyl (C=O) groups is 2.